The molecule has 0 radical (unpaired) electrons. The van der Waals surface area contributed by atoms with Crippen LogP contribution in [-0.2, 0) is 16.1 Å². The molecule has 0 fully saturated rings. The number of ether oxygens (including phenoxy) is 1. The van der Waals surface area contributed by atoms with Crippen molar-refractivity contribution in [3.05, 3.63) is 64.2 Å². The predicted molar refractivity (Wildman–Crippen MR) is 121 cm³/mol. The van der Waals surface area contributed by atoms with Crippen molar-refractivity contribution in [3.63, 3.8) is 0 Å². The van der Waals surface area contributed by atoms with Crippen LogP contribution in [0.2, 0.25) is 5.02 Å². The van der Waals surface area contributed by atoms with Gasteiger partial charge in [0.1, 0.15) is 11.8 Å². The second-order valence-electron chi connectivity index (χ2n) is 7.75. The van der Waals surface area contributed by atoms with E-state index in [0.717, 1.165) is 16.7 Å². The standard InChI is InChI=1S/C24H31ClN2O3/c1-6-21(24(29)26-16(2)3)27(14-19-10-8-7-9-11-19)22(28)15-30-20-12-17(4)23(25)18(5)13-20/h7-13,16,21H,6,14-15H2,1-5H3,(H,26,29)/t21-/m0/s1. The summed E-state index contributed by atoms with van der Waals surface area (Å²) in [5.41, 5.74) is 2.74. The first kappa shape index (κ1) is 23.7. The molecular formula is C24H31ClN2O3. The number of carbonyl (C=O) groups is 2. The molecule has 0 bridgehead atoms. The molecular weight excluding hydrogens is 400 g/mol. The molecule has 2 aromatic rings. The van der Waals surface area contributed by atoms with Gasteiger partial charge in [0.25, 0.3) is 5.91 Å². The number of aryl methyl sites for hydroxylation is 2. The van der Waals surface area contributed by atoms with Crippen molar-refractivity contribution < 1.29 is 14.3 Å². The Bertz CT molecular complexity index is 845. The smallest absolute Gasteiger partial charge is 0.261 e. The van der Waals surface area contributed by atoms with Crippen molar-refractivity contribution in [1.29, 1.82) is 0 Å². The Labute approximate surface area is 184 Å². The van der Waals surface area contributed by atoms with Crippen molar-refractivity contribution in [3.8, 4) is 5.75 Å². The minimum Gasteiger partial charge on any atom is -0.484 e. The van der Waals surface area contributed by atoms with E-state index in [4.69, 9.17) is 16.3 Å². The van der Waals surface area contributed by atoms with Crippen LogP contribution in [-0.4, -0.2) is 35.4 Å². The summed E-state index contributed by atoms with van der Waals surface area (Å²) in [5.74, 6) is 0.187. The zero-order chi connectivity index (χ0) is 22.3. The number of nitrogens with one attached hydrogen (secondary N) is 1. The topological polar surface area (TPSA) is 58.6 Å². The van der Waals surface area contributed by atoms with Crippen LogP contribution in [0, 0.1) is 13.8 Å². The van der Waals surface area contributed by atoms with Gasteiger partial charge in [-0.25, -0.2) is 0 Å². The first-order chi connectivity index (χ1) is 14.2. The SMILES string of the molecule is CC[C@@H](C(=O)NC(C)C)N(Cc1ccccc1)C(=O)COc1cc(C)c(Cl)c(C)c1. The lowest BCUT2D eigenvalue weighted by Crippen LogP contribution is -2.51. The number of nitrogens with zero attached hydrogens (tertiary/aromatic N) is 1. The van der Waals surface area contributed by atoms with Gasteiger partial charge in [0, 0.05) is 17.6 Å². The molecule has 1 atom stereocenters. The number of halogens is 1. The van der Waals surface area contributed by atoms with Crippen LogP contribution in [0.1, 0.15) is 43.9 Å². The average Bonchev–Trinajstić information content (AvgIpc) is 2.70. The Morgan fingerprint density at radius 2 is 1.70 bits per heavy atom. The highest BCUT2D eigenvalue weighted by molar-refractivity contribution is 6.32. The van der Waals surface area contributed by atoms with Crippen molar-refractivity contribution in [2.24, 2.45) is 0 Å². The molecule has 2 rings (SSSR count). The minimum absolute atomic E-state index is 0.00325. The van der Waals surface area contributed by atoms with Crippen molar-refractivity contribution in [2.75, 3.05) is 6.61 Å². The van der Waals surface area contributed by atoms with Crippen molar-refractivity contribution in [1.82, 2.24) is 10.2 Å². The summed E-state index contributed by atoms with van der Waals surface area (Å²) in [5, 5.41) is 3.61. The number of carbonyl (C=O) groups excluding carboxylic acids is 2. The molecule has 5 nitrogen and oxygen atoms in total. The second-order valence-corrected chi connectivity index (χ2v) is 8.13. The van der Waals surface area contributed by atoms with Crippen LogP contribution in [0.25, 0.3) is 0 Å². The number of benzene rings is 2. The van der Waals surface area contributed by atoms with Gasteiger partial charge >= 0.3 is 0 Å². The second kappa shape index (κ2) is 11.0. The number of hydrogen-bond donors (Lipinski definition) is 1. The Morgan fingerprint density at radius 3 is 2.23 bits per heavy atom. The molecule has 0 aliphatic heterocycles. The van der Waals surface area contributed by atoms with Crippen molar-refractivity contribution in [2.45, 2.75) is 59.7 Å². The van der Waals surface area contributed by atoms with E-state index in [-0.39, 0.29) is 24.5 Å². The molecule has 0 heterocycles. The lowest BCUT2D eigenvalue weighted by Gasteiger charge is -2.31. The van der Waals surface area contributed by atoms with Crippen LogP contribution in [0.5, 0.6) is 5.75 Å². The highest BCUT2D eigenvalue weighted by atomic mass is 35.5. The summed E-state index contributed by atoms with van der Waals surface area (Å²) in [6.45, 7) is 9.70. The van der Waals surface area contributed by atoms with Gasteiger partial charge in [-0.05, 0) is 62.9 Å². The maximum absolute atomic E-state index is 13.1. The van der Waals surface area contributed by atoms with Crippen LogP contribution in [0.15, 0.2) is 42.5 Å². The first-order valence-corrected chi connectivity index (χ1v) is 10.6. The van der Waals surface area contributed by atoms with Crippen molar-refractivity contribution >= 4 is 23.4 Å². The Morgan fingerprint density at radius 1 is 1.10 bits per heavy atom. The zero-order valence-electron chi connectivity index (χ0n) is 18.4. The van der Waals surface area contributed by atoms with E-state index in [2.05, 4.69) is 5.32 Å². The third-order valence-corrected chi connectivity index (χ3v) is 5.38. The summed E-state index contributed by atoms with van der Waals surface area (Å²) in [4.78, 5) is 27.5. The van der Waals surface area contributed by atoms with E-state index in [9.17, 15) is 9.59 Å². The molecule has 0 aliphatic rings. The molecule has 0 saturated carbocycles. The molecule has 0 aromatic heterocycles. The monoisotopic (exact) mass is 430 g/mol. The fourth-order valence-electron chi connectivity index (χ4n) is 3.30. The minimum atomic E-state index is -0.572. The number of hydrogen-bond acceptors (Lipinski definition) is 3. The third kappa shape index (κ3) is 6.49. The molecule has 162 valence electrons. The largest absolute Gasteiger partial charge is 0.484 e. The maximum Gasteiger partial charge on any atom is 0.261 e. The zero-order valence-corrected chi connectivity index (χ0v) is 19.1. The van der Waals surface area contributed by atoms with E-state index >= 15 is 0 Å². The summed E-state index contributed by atoms with van der Waals surface area (Å²) in [7, 11) is 0. The van der Waals surface area contributed by atoms with Gasteiger partial charge < -0.3 is 15.0 Å². The van der Waals surface area contributed by atoms with Crippen LogP contribution in [0.3, 0.4) is 0 Å². The summed E-state index contributed by atoms with van der Waals surface area (Å²) in [6, 6.07) is 12.7. The predicted octanol–water partition coefficient (Wildman–Crippen LogP) is 4.67. The molecule has 2 amide bonds. The summed E-state index contributed by atoms with van der Waals surface area (Å²) >= 11 is 6.21. The summed E-state index contributed by atoms with van der Waals surface area (Å²) < 4.78 is 5.78. The average molecular weight is 431 g/mol. The van der Waals surface area contributed by atoms with E-state index < -0.39 is 6.04 Å². The highest BCUT2D eigenvalue weighted by Crippen LogP contribution is 2.26. The van der Waals surface area contributed by atoms with Gasteiger partial charge in [0.2, 0.25) is 5.91 Å². The van der Waals surface area contributed by atoms with Gasteiger partial charge in [0.05, 0.1) is 0 Å². The lowest BCUT2D eigenvalue weighted by atomic mass is 10.1. The molecule has 0 saturated heterocycles. The summed E-state index contributed by atoms with van der Waals surface area (Å²) in [6.07, 6.45) is 0.510. The molecule has 0 spiro atoms. The van der Waals surface area contributed by atoms with Crippen LogP contribution in [0.4, 0.5) is 0 Å². The van der Waals surface area contributed by atoms with Crippen LogP contribution >= 0.6 is 11.6 Å². The first-order valence-electron chi connectivity index (χ1n) is 10.3. The number of rotatable bonds is 9. The lowest BCUT2D eigenvalue weighted by molar-refractivity contribution is -0.143. The molecule has 0 aliphatic carbocycles. The van der Waals surface area contributed by atoms with Gasteiger partial charge in [-0.15, -0.1) is 0 Å². The quantitative estimate of drug-likeness (QED) is 0.629. The molecule has 1 N–H and O–H groups in total. The van der Waals surface area contributed by atoms with Gasteiger partial charge in [-0.3, -0.25) is 9.59 Å². The highest BCUT2D eigenvalue weighted by Gasteiger charge is 2.29. The van der Waals surface area contributed by atoms with E-state index in [1.165, 1.54) is 0 Å². The third-order valence-electron chi connectivity index (χ3n) is 4.78. The van der Waals surface area contributed by atoms with E-state index in [0.29, 0.717) is 23.7 Å². The van der Waals surface area contributed by atoms with Gasteiger partial charge in [-0.2, -0.15) is 0 Å². The number of amides is 2. The fraction of sp³-hybridized carbons (Fsp3) is 0.417. The maximum atomic E-state index is 13.1. The molecule has 2 aromatic carbocycles. The normalized spacial score (nSPS) is 11.8. The van der Waals surface area contributed by atoms with Crippen LogP contribution < -0.4 is 10.1 Å². The van der Waals surface area contributed by atoms with Gasteiger partial charge in [-0.1, -0.05) is 48.9 Å². The Balaban J connectivity index is 2.21. The Kier molecular flexibility index (Phi) is 8.72. The molecule has 6 heteroatoms. The fourth-order valence-corrected chi connectivity index (χ4v) is 3.41. The van der Waals surface area contributed by atoms with E-state index in [1.54, 1.807) is 4.90 Å². The molecule has 0 unspecified atom stereocenters. The van der Waals surface area contributed by atoms with E-state index in [1.807, 2.05) is 77.1 Å². The van der Waals surface area contributed by atoms with Gasteiger partial charge in [0.15, 0.2) is 6.61 Å². The molecule has 30 heavy (non-hydrogen) atoms. The Hall–Kier alpha value is -2.53.